The Morgan fingerprint density at radius 1 is 1.59 bits per heavy atom. The van der Waals surface area contributed by atoms with E-state index in [1.54, 1.807) is 18.2 Å². The molecule has 1 rings (SSSR count). The van der Waals surface area contributed by atoms with E-state index in [1.807, 2.05) is 13.0 Å². The summed E-state index contributed by atoms with van der Waals surface area (Å²) in [6.45, 7) is 2.63. The van der Waals surface area contributed by atoms with Crippen molar-refractivity contribution in [2.45, 2.75) is 25.7 Å². The molecule has 0 aliphatic carbocycles. The molecule has 1 atom stereocenters. The minimum absolute atomic E-state index is 0.0987. The average molecular weight is 251 g/mol. The van der Waals surface area contributed by atoms with E-state index >= 15 is 0 Å². The molecule has 1 aromatic carbocycles. The van der Waals surface area contributed by atoms with Gasteiger partial charge < -0.3 is 5.32 Å². The van der Waals surface area contributed by atoms with Crippen molar-refractivity contribution in [3.8, 4) is 6.07 Å². The Labute approximate surface area is 106 Å². The Balaban J connectivity index is 2.67. The van der Waals surface area contributed by atoms with Crippen LogP contribution >= 0.6 is 11.6 Å². The van der Waals surface area contributed by atoms with Gasteiger partial charge in [0.05, 0.1) is 12.0 Å². The number of nitriles is 1. The normalized spacial score (nSPS) is 11.6. The van der Waals surface area contributed by atoms with E-state index in [0.717, 1.165) is 12.0 Å². The highest BCUT2D eigenvalue weighted by molar-refractivity contribution is 6.30. The van der Waals surface area contributed by atoms with E-state index in [2.05, 4.69) is 11.4 Å². The van der Waals surface area contributed by atoms with Gasteiger partial charge in [0.25, 0.3) is 0 Å². The predicted octanol–water partition coefficient (Wildman–Crippen LogP) is 2.86. The standard InChI is InChI=1S/C13H15ClN2O/c1-2-6-16-13(17)8-11(9-15)10-4-3-5-12(14)7-10/h3-5,7,11H,2,6,8H2,1H3,(H,16,17). The monoisotopic (exact) mass is 250 g/mol. The number of hydrogen-bond acceptors (Lipinski definition) is 2. The van der Waals surface area contributed by atoms with Crippen LogP contribution in [-0.2, 0) is 4.79 Å². The van der Waals surface area contributed by atoms with Crippen LogP contribution in [0.3, 0.4) is 0 Å². The van der Waals surface area contributed by atoms with Gasteiger partial charge in [-0.3, -0.25) is 4.79 Å². The summed E-state index contributed by atoms with van der Waals surface area (Å²) in [7, 11) is 0. The maximum absolute atomic E-state index is 11.5. The lowest BCUT2D eigenvalue weighted by Crippen LogP contribution is -2.25. The van der Waals surface area contributed by atoms with Crippen molar-refractivity contribution in [3.63, 3.8) is 0 Å². The summed E-state index contributed by atoms with van der Waals surface area (Å²) in [5.74, 6) is -0.538. The molecule has 1 N–H and O–H groups in total. The summed E-state index contributed by atoms with van der Waals surface area (Å²) >= 11 is 5.86. The summed E-state index contributed by atoms with van der Waals surface area (Å²) < 4.78 is 0. The third-order valence-corrected chi connectivity index (χ3v) is 2.60. The van der Waals surface area contributed by atoms with Gasteiger partial charge >= 0.3 is 0 Å². The van der Waals surface area contributed by atoms with E-state index in [4.69, 9.17) is 16.9 Å². The molecule has 3 nitrogen and oxygen atoms in total. The second-order valence-corrected chi connectivity index (χ2v) is 4.23. The number of amides is 1. The molecule has 1 aromatic rings. The minimum atomic E-state index is -0.439. The van der Waals surface area contributed by atoms with Crippen molar-refractivity contribution in [2.24, 2.45) is 0 Å². The molecule has 17 heavy (non-hydrogen) atoms. The van der Waals surface area contributed by atoms with Gasteiger partial charge in [0.2, 0.25) is 5.91 Å². The lowest BCUT2D eigenvalue weighted by atomic mass is 9.97. The number of nitrogens with zero attached hydrogens (tertiary/aromatic N) is 1. The zero-order chi connectivity index (χ0) is 12.7. The molecule has 0 bridgehead atoms. The first-order valence-corrected chi connectivity index (χ1v) is 5.97. The number of benzene rings is 1. The summed E-state index contributed by atoms with van der Waals surface area (Å²) in [6, 6.07) is 9.20. The van der Waals surface area contributed by atoms with Crippen LogP contribution in [0.15, 0.2) is 24.3 Å². The van der Waals surface area contributed by atoms with E-state index in [-0.39, 0.29) is 12.3 Å². The minimum Gasteiger partial charge on any atom is -0.356 e. The molecule has 0 aliphatic rings. The maximum Gasteiger partial charge on any atom is 0.221 e. The first-order chi connectivity index (χ1) is 8.17. The largest absolute Gasteiger partial charge is 0.356 e. The average Bonchev–Trinajstić information content (AvgIpc) is 2.33. The Hall–Kier alpha value is -1.53. The Morgan fingerprint density at radius 3 is 2.94 bits per heavy atom. The molecule has 0 spiro atoms. The first-order valence-electron chi connectivity index (χ1n) is 5.59. The third-order valence-electron chi connectivity index (χ3n) is 2.37. The highest BCUT2D eigenvalue weighted by Crippen LogP contribution is 2.21. The number of rotatable bonds is 5. The van der Waals surface area contributed by atoms with E-state index < -0.39 is 5.92 Å². The molecule has 0 fully saturated rings. The van der Waals surface area contributed by atoms with Crippen molar-refractivity contribution >= 4 is 17.5 Å². The smallest absolute Gasteiger partial charge is 0.221 e. The van der Waals surface area contributed by atoms with Crippen LogP contribution < -0.4 is 5.32 Å². The van der Waals surface area contributed by atoms with E-state index in [0.29, 0.717) is 11.6 Å². The molecule has 4 heteroatoms. The van der Waals surface area contributed by atoms with Crippen LogP contribution in [-0.4, -0.2) is 12.5 Å². The maximum atomic E-state index is 11.5. The molecule has 90 valence electrons. The molecule has 0 heterocycles. The van der Waals surface area contributed by atoms with Crippen molar-refractivity contribution in [2.75, 3.05) is 6.54 Å². The number of nitrogens with one attached hydrogen (secondary N) is 1. The van der Waals surface area contributed by atoms with Gasteiger partial charge in [0.1, 0.15) is 0 Å². The highest BCUT2D eigenvalue weighted by Gasteiger charge is 2.15. The van der Waals surface area contributed by atoms with Crippen LogP contribution in [0, 0.1) is 11.3 Å². The van der Waals surface area contributed by atoms with Gasteiger partial charge in [-0.25, -0.2) is 0 Å². The summed E-state index contributed by atoms with van der Waals surface area (Å²) in [5.41, 5.74) is 0.784. The molecule has 0 radical (unpaired) electrons. The van der Waals surface area contributed by atoms with E-state index in [1.165, 1.54) is 0 Å². The van der Waals surface area contributed by atoms with Crippen molar-refractivity contribution < 1.29 is 4.79 Å². The number of halogens is 1. The van der Waals surface area contributed by atoms with Crippen molar-refractivity contribution in [3.05, 3.63) is 34.9 Å². The molecule has 0 saturated carbocycles. The number of hydrogen-bond donors (Lipinski definition) is 1. The molecular weight excluding hydrogens is 236 g/mol. The van der Waals surface area contributed by atoms with Gasteiger partial charge in [-0.1, -0.05) is 30.7 Å². The topological polar surface area (TPSA) is 52.9 Å². The van der Waals surface area contributed by atoms with Crippen LogP contribution in [0.25, 0.3) is 0 Å². The fourth-order valence-corrected chi connectivity index (χ4v) is 1.68. The van der Waals surface area contributed by atoms with Gasteiger partial charge in [-0.15, -0.1) is 0 Å². The van der Waals surface area contributed by atoms with Crippen molar-refractivity contribution in [1.82, 2.24) is 5.32 Å². The first kappa shape index (κ1) is 13.5. The second kappa shape index (κ2) is 6.93. The molecule has 0 saturated heterocycles. The summed E-state index contributed by atoms with van der Waals surface area (Å²) in [6.07, 6.45) is 1.07. The number of carbonyl (C=O) groups excluding carboxylic acids is 1. The van der Waals surface area contributed by atoms with Crippen LogP contribution in [0.4, 0.5) is 0 Å². The molecule has 1 unspecified atom stereocenters. The van der Waals surface area contributed by atoms with Crippen molar-refractivity contribution in [1.29, 1.82) is 5.26 Å². The molecular formula is C13H15ClN2O. The Bertz CT molecular complexity index is 426. The molecule has 1 amide bonds. The zero-order valence-electron chi connectivity index (χ0n) is 9.74. The lowest BCUT2D eigenvalue weighted by molar-refractivity contribution is -0.121. The van der Waals surface area contributed by atoms with E-state index in [9.17, 15) is 4.79 Å². The van der Waals surface area contributed by atoms with Gasteiger partial charge in [0, 0.05) is 18.0 Å². The summed E-state index contributed by atoms with van der Waals surface area (Å²) in [5, 5.41) is 12.4. The van der Waals surface area contributed by atoms with Crippen LogP contribution in [0.1, 0.15) is 31.2 Å². The Kier molecular flexibility index (Phi) is 5.51. The third kappa shape index (κ3) is 4.46. The highest BCUT2D eigenvalue weighted by atomic mass is 35.5. The fourth-order valence-electron chi connectivity index (χ4n) is 1.48. The fraction of sp³-hybridized carbons (Fsp3) is 0.385. The van der Waals surface area contributed by atoms with Crippen LogP contribution in [0.2, 0.25) is 5.02 Å². The molecule has 0 aromatic heterocycles. The lowest BCUT2D eigenvalue weighted by Gasteiger charge is -2.09. The summed E-state index contributed by atoms with van der Waals surface area (Å²) in [4.78, 5) is 11.5. The SMILES string of the molecule is CCCNC(=O)CC(C#N)c1cccc(Cl)c1. The van der Waals surface area contributed by atoms with Gasteiger partial charge in [-0.2, -0.15) is 5.26 Å². The molecule has 0 aliphatic heterocycles. The van der Waals surface area contributed by atoms with Crippen LogP contribution in [0.5, 0.6) is 0 Å². The van der Waals surface area contributed by atoms with Gasteiger partial charge in [0.15, 0.2) is 0 Å². The Morgan fingerprint density at radius 2 is 2.35 bits per heavy atom. The van der Waals surface area contributed by atoms with Gasteiger partial charge in [-0.05, 0) is 24.1 Å². The number of carbonyl (C=O) groups is 1. The quantitative estimate of drug-likeness (QED) is 0.874. The second-order valence-electron chi connectivity index (χ2n) is 3.79. The zero-order valence-corrected chi connectivity index (χ0v) is 10.5. The predicted molar refractivity (Wildman–Crippen MR) is 67.7 cm³/mol.